The van der Waals surface area contributed by atoms with Crippen LogP contribution in [0.25, 0.3) is 10.8 Å². The van der Waals surface area contributed by atoms with Crippen LogP contribution in [0.1, 0.15) is 41.4 Å². The minimum Gasteiger partial charge on any atom is -0.345 e. The van der Waals surface area contributed by atoms with Gasteiger partial charge in [-0.15, -0.1) is 0 Å². The fourth-order valence-electron chi connectivity index (χ4n) is 3.91. The maximum Gasteiger partial charge on any atom is 0.254 e. The topological polar surface area (TPSA) is 25.2 Å². The van der Waals surface area contributed by atoms with Crippen molar-refractivity contribution >= 4 is 32.6 Å². The van der Waals surface area contributed by atoms with Crippen molar-refractivity contribution < 1.29 is 4.79 Å². The number of amides is 1. The molecule has 158 valence electrons. The average molecular weight is 475 g/mol. The van der Waals surface area contributed by atoms with Crippen molar-refractivity contribution in [1.82, 2.24) is 9.47 Å². The van der Waals surface area contributed by atoms with E-state index in [1.807, 2.05) is 35.2 Å². The number of fused-ring (bicyclic) bond motifs is 1. The zero-order valence-electron chi connectivity index (χ0n) is 17.8. The van der Waals surface area contributed by atoms with E-state index in [0.29, 0.717) is 6.54 Å². The van der Waals surface area contributed by atoms with E-state index in [2.05, 4.69) is 82.1 Å². The largest absolute Gasteiger partial charge is 0.345 e. The first-order valence-corrected chi connectivity index (χ1v) is 11.6. The van der Waals surface area contributed by atoms with Gasteiger partial charge in [0, 0.05) is 35.0 Å². The minimum atomic E-state index is 0.0987. The predicted molar refractivity (Wildman–Crippen MR) is 131 cm³/mol. The summed E-state index contributed by atoms with van der Waals surface area (Å²) >= 11 is 3.50. The number of rotatable bonds is 8. The van der Waals surface area contributed by atoms with Crippen molar-refractivity contribution in [3.05, 3.63) is 106 Å². The van der Waals surface area contributed by atoms with Gasteiger partial charge < -0.3 is 9.47 Å². The molecule has 0 saturated carbocycles. The van der Waals surface area contributed by atoms with Gasteiger partial charge in [-0.1, -0.05) is 77.8 Å². The van der Waals surface area contributed by atoms with Crippen LogP contribution in [-0.4, -0.2) is 21.9 Å². The molecule has 3 nitrogen and oxygen atoms in total. The summed E-state index contributed by atoms with van der Waals surface area (Å²) in [6.45, 7) is 4.31. The molecular formula is C27H27BrN2O. The monoisotopic (exact) mass is 474 g/mol. The highest BCUT2D eigenvalue weighted by Crippen LogP contribution is 2.22. The molecule has 0 atom stereocenters. The van der Waals surface area contributed by atoms with Gasteiger partial charge in [-0.2, -0.15) is 0 Å². The summed E-state index contributed by atoms with van der Waals surface area (Å²) < 4.78 is 3.31. The van der Waals surface area contributed by atoms with E-state index in [4.69, 9.17) is 0 Å². The second-order valence-corrected chi connectivity index (χ2v) is 8.78. The van der Waals surface area contributed by atoms with Gasteiger partial charge in [0.1, 0.15) is 0 Å². The molecule has 0 fully saturated rings. The van der Waals surface area contributed by atoms with Crippen LogP contribution in [0.3, 0.4) is 0 Å². The third-order valence-corrected chi connectivity index (χ3v) is 6.16. The number of nitrogens with zero attached hydrogens (tertiary/aromatic N) is 2. The van der Waals surface area contributed by atoms with Crippen molar-refractivity contribution in [2.24, 2.45) is 0 Å². The van der Waals surface area contributed by atoms with E-state index in [0.717, 1.165) is 52.4 Å². The molecule has 4 rings (SSSR count). The predicted octanol–water partition coefficient (Wildman–Crippen LogP) is 6.89. The fourth-order valence-corrected chi connectivity index (χ4v) is 4.18. The van der Waals surface area contributed by atoms with Gasteiger partial charge >= 0.3 is 0 Å². The molecule has 3 aromatic carbocycles. The number of hydrogen-bond donors (Lipinski definition) is 0. The first kappa shape index (κ1) is 21.4. The Morgan fingerprint density at radius 3 is 2.52 bits per heavy atom. The minimum absolute atomic E-state index is 0.0987. The maximum atomic E-state index is 13.6. The van der Waals surface area contributed by atoms with Crippen molar-refractivity contribution in [3.63, 3.8) is 0 Å². The standard InChI is InChI=1S/C27H27BrN2O/c1-2-3-17-30(27(31)26-12-6-9-22-8-4-5-11-25(22)26)20-24-10-7-18-29(24)19-21-13-15-23(28)16-14-21/h4-16,18H,2-3,17,19-20H2,1H3. The van der Waals surface area contributed by atoms with Gasteiger partial charge in [-0.05, 0) is 53.1 Å². The highest BCUT2D eigenvalue weighted by Gasteiger charge is 2.19. The smallest absolute Gasteiger partial charge is 0.254 e. The lowest BCUT2D eigenvalue weighted by Crippen LogP contribution is -2.32. The van der Waals surface area contributed by atoms with E-state index >= 15 is 0 Å². The molecule has 0 spiro atoms. The van der Waals surface area contributed by atoms with E-state index in [-0.39, 0.29) is 5.91 Å². The van der Waals surface area contributed by atoms with Gasteiger partial charge in [0.2, 0.25) is 0 Å². The number of halogens is 1. The lowest BCUT2D eigenvalue weighted by Gasteiger charge is -2.24. The van der Waals surface area contributed by atoms with Crippen LogP contribution in [0, 0.1) is 0 Å². The number of carbonyl (C=O) groups is 1. The molecule has 1 amide bonds. The summed E-state index contributed by atoms with van der Waals surface area (Å²) in [6, 6.07) is 26.7. The number of aromatic nitrogens is 1. The molecule has 0 aliphatic heterocycles. The van der Waals surface area contributed by atoms with Gasteiger partial charge in [0.15, 0.2) is 0 Å². The molecule has 4 aromatic rings. The Labute approximate surface area is 192 Å². The highest BCUT2D eigenvalue weighted by molar-refractivity contribution is 9.10. The van der Waals surface area contributed by atoms with Crippen LogP contribution in [0.2, 0.25) is 0 Å². The normalized spacial score (nSPS) is 11.0. The Hall–Kier alpha value is -2.85. The summed E-state index contributed by atoms with van der Waals surface area (Å²) in [6.07, 6.45) is 4.14. The Bertz CT molecular complexity index is 1160. The number of benzene rings is 3. The number of carbonyl (C=O) groups excluding carboxylic acids is 1. The second kappa shape index (κ2) is 9.97. The van der Waals surface area contributed by atoms with Gasteiger partial charge in [-0.25, -0.2) is 0 Å². The zero-order valence-corrected chi connectivity index (χ0v) is 19.4. The third kappa shape index (κ3) is 5.08. The molecular weight excluding hydrogens is 448 g/mol. The van der Waals surface area contributed by atoms with E-state index in [9.17, 15) is 4.79 Å². The molecule has 0 bridgehead atoms. The molecule has 0 N–H and O–H groups in total. The Morgan fingerprint density at radius 1 is 0.935 bits per heavy atom. The summed E-state index contributed by atoms with van der Waals surface area (Å²) in [7, 11) is 0. The van der Waals surface area contributed by atoms with Gasteiger partial charge in [-0.3, -0.25) is 4.79 Å². The van der Waals surface area contributed by atoms with Crippen LogP contribution in [0.5, 0.6) is 0 Å². The van der Waals surface area contributed by atoms with Gasteiger partial charge in [0.25, 0.3) is 5.91 Å². The number of unbranched alkanes of at least 4 members (excludes halogenated alkanes) is 1. The highest BCUT2D eigenvalue weighted by atomic mass is 79.9. The molecule has 0 unspecified atom stereocenters. The zero-order chi connectivity index (χ0) is 21.6. The molecule has 31 heavy (non-hydrogen) atoms. The van der Waals surface area contributed by atoms with E-state index in [1.165, 1.54) is 5.56 Å². The van der Waals surface area contributed by atoms with E-state index < -0.39 is 0 Å². The fraction of sp³-hybridized carbons (Fsp3) is 0.222. The van der Waals surface area contributed by atoms with Gasteiger partial charge in [0.05, 0.1) is 6.54 Å². The van der Waals surface area contributed by atoms with Crippen LogP contribution >= 0.6 is 15.9 Å². The lowest BCUT2D eigenvalue weighted by atomic mass is 10.0. The molecule has 0 aliphatic rings. The lowest BCUT2D eigenvalue weighted by molar-refractivity contribution is 0.0739. The summed E-state index contributed by atoms with van der Waals surface area (Å²) in [5.41, 5.74) is 3.16. The van der Waals surface area contributed by atoms with Crippen molar-refractivity contribution in [2.45, 2.75) is 32.9 Å². The Balaban J connectivity index is 1.60. The van der Waals surface area contributed by atoms with Crippen molar-refractivity contribution in [2.75, 3.05) is 6.54 Å². The molecule has 1 aromatic heterocycles. The Kier molecular flexibility index (Phi) is 6.88. The van der Waals surface area contributed by atoms with Crippen LogP contribution < -0.4 is 0 Å². The molecule has 0 radical (unpaired) electrons. The van der Waals surface area contributed by atoms with E-state index in [1.54, 1.807) is 0 Å². The summed E-state index contributed by atoms with van der Waals surface area (Å²) in [4.78, 5) is 15.6. The molecule has 4 heteroatoms. The van der Waals surface area contributed by atoms with Crippen LogP contribution in [-0.2, 0) is 13.1 Å². The Morgan fingerprint density at radius 2 is 1.71 bits per heavy atom. The number of hydrogen-bond acceptors (Lipinski definition) is 1. The molecule has 0 aliphatic carbocycles. The first-order valence-electron chi connectivity index (χ1n) is 10.8. The molecule has 0 saturated heterocycles. The second-order valence-electron chi connectivity index (χ2n) is 7.86. The summed E-state index contributed by atoms with van der Waals surface area (Å²) in [5, 5.41) is 2.11. The quantitative estimate of drug-likeness (QED) is 0.272. The molecule has 1 heterocycles. The van der Waals surface area contributed by atoms with Crippen molar-refractivity contribution in [3.8, 4) is 0 Å². The first-order chi connectivity index (χ1) is 15.2. The van der Waals surface area contributed by atoms with Crippen LogP contribution in [0.15, 0.2) is 89.5 Å². The average Bonchev–Trinajstić information content (AvgIpc) is 3.23. The summed E-state index contributed by atoms with van der Waals surface area (Å²) in [5.74, 6) is 0.0987. The maximum absolute atomic E-state index is 13.6. The van der Waals surface area contributed by atoms with Crippen molar-refractivity contribution in [1.29, 1.82) is 0 Å². The SMILES string of the molecule is CCCCN(Cc1cccn1Cc1ccc(Br)cc1)C(=O)c1cccc2ccccc12. The van der Waals surface area contributed by atoms with Crippen LogP contribution in [0.4, 0.5) is 0 Å². The third-order valence-electron chi connectivity index (χ3n) is 5.63.